The zero-order chi connectivity index (χ0) is 31.5. The molecule has 244 valence electrons. The maximum Gasteiger partial charge on any atom is 0.240 e. The van der Waals surface area contributed by atoms with Gasteiger partial charge in [0.25, 0.3) is 0 Å². The Bertz CT molecular complexity index is 1240. The number of hydrogen-bond donors (Lipinski definition) is 2. The Balaban J connectivity index is 1.42. The van der Waals surface area contributed by atoms with Crippen LogP contribution >= 0.6 is 0 Å². The van der Waals surface area contributed by atoms with E-state index in [-0.39, 0.29) is 10.9 Å². The van der Waals surface area contributed by atoms with E-state index in [4.69, 9.17) is 10.7 Å². The standard InChI is InChI=1S/C37H58N4O2S/c1-3-5-6-7-8-9-10-11-12-13-14-15-16-17-20-29-41-31-35(40-37(41)30-33-22-19-18-21-32(33)4-2)27-28-39-44(42,43)36-25-23-34(38)24-26-36/h18-26,29,35,39H,3-17,27-28,30-31,38H2,1-2H3. The minimum absolute atomic E-state index is 0.0499. The minimum atomic E-state index is -3.57. The smallest absolute Gasteiger partial charge is 0.240 e. The predicted octanol–water partition coefficient (Wildman–Crippen LogP) is 8.82. The summed E-state index contributed by atoms with van der Waals surface area (Å²) in [4.78, 5) is 7.59. The van der Waals surface area contributed by atoms with Gasteiger partial charge >= 0.3 is 0 Å². The summed E-state index contributed by atoms with van der Waals surface area (Å²) in [6.45, 7) is 5.60. The summed E-state index contributed by atoms with van der Waals surface area (Å²) in [5, 5.41) is 0. The molecule has 44 heavy (non-hydrogen) atoms. The molecule has 1 unspecified atom stereocenters. The van der Waals surface area contributed by atoms with E-state index >= 15 is 0 Å². The van der Waals surface area contributed by atoms with Crippen LogP contribution in [0, 0.1) is 0 Å². The SMILES string of the molecule is CCCCCCCCCCCCCCCC=CN1CC(CCNS(=O)(=O)c2ccc(N)cc2)N=C1Cc1ccccc1CC. The molecule has 1 aliphatic heterocycles. The van der Waals surface area contributed by atoms with Crippen LogP contribution < -0.4 is 10.5 Å². The number of aliphatic imine (C=N–C) groups is 1. The van der Waals surface area contributed by atoms with Gasteiger partial charge in [-0.3, -0.25) is 4.99 Å². The number of benzene rings is 2. The summed E-state index contributed by atoms with van der Waals surface area (Å²) >= 11 is 0. The molecule has 0 aromatic heterocycles. The summed E-state index contributed by atoms with van der Waals surface area (Å²) in [7, 11) is -3.57. The number of allylic oxidation sites excluding steroid dienone is 1. The Morgan fingerprint density at radius 3 is 2.05 bits per heavy atom. The molecule has 3 N–H and O–H groups in total. The first-order chi connectivity index (χ1) is 21.4. The highest BCUT2D eigenvalue weighted by atomic mass is 32.2. The van der Waals surface area contributed by atoms with Gasteiger partial charge in [-0.1, -0.05) is 121 Å². The molecule has 0 aliphatic carbocycles. The highest BCUT2D eigenvalue weighted by molar-refractivity contribution is 7.89. The number of amidine groups is 1. The molecule has 0 amide bonds. The molecular weight excluding hydrogens is 565 g/mol. The van der Waals surface area contributed by atoms with Crippen LogP contribution in [0.25, 0.3) is 0 Å². The van der Waals surface area contributed by atoms with Gasteiger partial charge in [0.05, 0.1) is 10.9 Å². The number of hydrogen-bond acceptors (Lipinski definition) is 5. The monoisotopic (exact) mass is 622 g/mol. The van der Waals surface area contributed by atoms with Crippen molar-refractivity contribution < 1.29 is 8.42 Å². The molecule has 0 spiro atoms. The summed E-state index contributed by atoms with van der Waals surface area (Å²) in [5.74, 6) is 1.07. The summed E-state index contributed by atoms with van der Waals surface area (Å²) in [6.07, 6.45) is 25.9. The Hall–Kier alpha value is -2.64. The molecule has 0 saturated heterocycles. The molecule has 2 aromatic rings. The van der Waals surface area contributed by atoms with Crippen molar-refractivity contribution >= 4 is 21.5 Å². The number of nitrogen functional groups attached to an aromatic ring is 1. The van der Waals surface area contributed by atoms with E-state index in [0.29, 0.717) is 18.7 Å². The van der Waals surface area contributed by atoms with Crippen LogP contribution in [0.3, 0.4) is 0 Å². The Kier molecular flexibility index (Phi) is 16.6. The van der Waals surface area contributed by atoms with Crippen LogP contribution in [-0.2, 0) is 22.9 Å². The fraction of sp³-hybridized carbons (Fsp3) is 0.595. The summed E-state index contributed by atoms with van der Waals surface area (Å²) < 4.78 is 28.2. The van der Waals surface area contributed by atoms with E-state index in [2.05, 4.69) is 60.0 Å². The quantitative estimate of drug-likeness (QED) is 0.0958. The normalized spacial score (nSPS) is 15.4. The Labute approximate surface area is 268 Å². The van der Waals surface area contributed by atoms with Gasteiger partial charge in [0.15, 0.2) is 0 Å². The summed E-state index contributed by atoms with van der Waals surface area (Å²) in [5.41, 5.74) is 8.93. The van der Waals surface area contributed by atoms with Crippen LogP contribution in [-0.4, -0.2) is 38.3 Å². The van der Waals surface area contributed by atoms with Crippen LogP contribution in [0.4, 0.5) is 5.69 Å². The van der Waals surface area contributed by atoms with E-state index in [9.17, 15) is 8.42 Å². The van der Waals surface area contributed by atoms with Crippen molar-refractivity contribution in [2.75, 3.05) is 18.8 Å². The second-order valence-electron chi connectivity index (χ2n) is 12.3. The molecule has 2 aromatic carbocycles. The topological polar surface area (TPSA) is 87.8 Å². The first-order valence-electron chi connectivity index (χ1n) is 17.3. The Morgan fingerprint density at radius 2 is 1.43 bits per heavy atom. The molecular formula is C37H58N4O2S. The molecule has 0 bridgehead atoms. The third-order valence-electron chi connectivity index (χ3n) is 8.64. The van der Waals surface area contributed by atoms with Gasteiger partial charge in [-0.2, -0.15) is 0 Å². The van der Waals surface area contributed by atoms with Crippen LogP contribution in [0.5, 0.6) is 0 Å². The number of unbranched alkanes of at least 4 members (excludes halogenated alkanes) is 13. The Morgan fingerprint density at radius 1 is 0.841 bits per heavy atom. The number of aryl methyl sites for hydroxylation is 1. The number of nitrogens with zero attached hydrogens (tertiary/aromatic N) is 2. The molecule has 0 radical (unpaired) electrons. The second-order valence-corrected chi connectivity index (χ2v) is 14.1. The van der Waals surface area contributed by atoms with Crippen LogP contribution in [0.15, 0.2) is 70.7 Å². The van der Waals surface area contributed by atoms with E-state index < -0.39 is 10.0 Å². The van der Waals surface area contributed by atoms with Crippen molar-refractivity contribution in [3.05, 3.63) is 71.9 Å². The maximum absolute atomic E-state index is 12.7. The van der Waals surface area contributed by atoms with Gasteiger partial charge < -0.3 is 10.6 Å². The molecule has 1 atom stereocenters. The molecule has 7 heteroatoms. The number of nitrogens with two attached hydrogens (primary N) is 1. The van der Waals surface area contributed by atoms with Gasteiger partial charge in [0.1, 0.15) is 5.84 Å². The van der Waals surface area contributed by atoms with Crippen molar-refractivity contribution in [3.63, 3.8) is 0 Å². The average molecular weight is 623 g/mol. The van der Waals surface area contributed by atoms with Crippen LogP contribution in [0.2, 0.25) is 0 Å². The van der Waals surface area contributed by atoms with Crippen molar-refractivity contribution in [2.24, 2.45) is 4.99 Å². The first kappa shape index (κ1) is 35.8. The van der Waals surface area contributed by atoms with Crippen molar-refractivity contribution in [1.82, 2.24) is 9.62 Å². The maximum atomic E-state index is 12.7. The fourth-order valence-corrected chi connectivity index (χ4v) is 6.97. The summed E-state index contributed by atoms with van der Waals surface area (Å²) in [6, 6.07) is 14.9. The van der Waals surface area contributed by atoms with E-state index in [1.54, 1.807) is 24.3 Å². The lowest BCUT2D eigenvalue weighted by Gasteiger charge is -2.18. The van der Waals surface area contributed by atoms with E-state index in [0.717, 1.165) is 31.6 Å². The highest BCUT2D eigenvalue weighted by Crippen LogP contribution is 2.20. The fourth-order valence-electron chi connectivity index (χ4n) is 5.93. The van der Waals surface area contributed by atoms with Gasteiger partial charge in [0.2, 0.25) is 10.0 Å². The van der Waals surface area contributed by atoms with Crippen molar-refractivity contribution in [1.29, 1.82) is 0 Å². The molecule has 6 nitrogen and oxygen atoms in total. The van der Waals surface area contributed by atoms with Crippen molar-refractivity contribution in [2.45, 2.75) is 134 Å². The molecule has 3 rings (SSSR count). The van der Waals surface area contributed by atoms with Crippen LogP contribution in [0.1, 0.15) is 121 Å². The van der Waals surface area contributed by atoms with Crippen molar-refractivity contribution in [3.8, 4) is 0 Å². The van der Waals surface area contributed by atoms with Gasteiger partial charge in [-0.05, 0) is 61.1 Å². The average Bonchev–Trinajstić information content (AvgIpc) is 3.40. The zero-order valence-corrected chi connectivity index (χ0v) is 28.3. The molecule has 1 aliphatic rings. The number of sulfonamides is 1. The lowest BCUT2D eigenvalue weighted by molar-refractivity contribution is 0.505. The lowest BCUT2D eigenvalue weighted by Crippen LogP contribution is -2.29. The number of rotatable bonds is 23. The lowest BCUT2D eigenvalue weighted by atomic mass is 10.0. The highest BCUT2D eigenvalue weighted by Gasteiger charge is 2.24. The van der Waals surface area contributed by atoms with Gasteiger partial charge in [-0.25, -0.2) is 13.1 Å². The predicted molar refractivity (Wildman–Crippen MR) is 188 cm³/mol. The molecule has 0 fully saturated rings. The third kappa shape index (κ3) is 13.2. The minimum Gasteiger partial charge on any atom is -0.399 e. The van der Waals surface area contributed by atoms with Gasteiger partial charge in [0, 0.05) is 31.4 Å². The molecule has 0 saturated carbocycles. The van der Waals surface area contributed by atoms with E-state index in [1.807, 2.05) is 0 Å². The zero-order valence-electron chi connectivity index (χ0n) is 27.5. The third-order valence-corrected chi connectivity index (χ3v) is 10.1. The number of anilines is 1. The first-order valence-corrected chi connectivity index (χ1v) is 18.8. The van der Waals surface area contributed by atoms with E-state index in [1.165, 1.54) is 94.6 Å². The number of nitrogens with one attached hydrogen (secondary N) is 1. The largest absolute Gasteiger partial charge is 0.399 e. The van der Waals surface area contributed by atoms with Gasteiger partial charge in [-0.15, -0.1) is 0 Å². The molecule has 1 heterocycles. The second kappa shape index (κ2) is 20.4.